The number of hydrogen-bond donors (Lipinski definition) is 2. The molecule has 0 spiro atoms. The van der Waals surface area contributed by atoms with E-state index in [1.165, 1.54) is 5.46 Å². The average molecular weight is 315 g/mol. The van der Waals surface area contributed by atoms with Crippen LogP contribution in [0, 0.1) is 0 Å². The molecule has 4 aromatic rings. The molecule has 118 valence electrons. The van der Waals surface area contributed by atoms with Crippen LogP contribution in [-0.2, 0) is 6.54 Å². The summed E-state index contributed by atoms with van der Waals surface area (Å²) in [6.07, 6.45) is 5.92. The Bertz CT molecular complexity index is 1030. The van der Waals surface area contributed by atoms with Gasteiger partial charge in [0, 0.05) is 41.1 Å². The highest BCUT2D eigenvalue weighted by atomic mass is 15.3. The predicted molar refractivity (Wildman–Crippen MR) is 101 cm³/mol. The predicted octanol–water partition coefficient (Wildman–Crippen LogP) is 1.95. The second-order valence-electron chi connectivity index (χ2n) is 5.93. The molecule has 3 N–H and O–H groups in total. The monoisotopic (exact) mass is 315 g/mol. The van der Waals surface area contributed by atoms with Crippen molar-refractivity contribution < 1.29 is 0 Å². The second-order valence-corrected chi connectivity index (χ2v) is 5.93. The molecule has 3 aromatic heterocycles. The Morgan fingerprint density at radius 3 is 2.92 bits per heavy atom. The van der Waals surface area contributed by atoms with Crippen LogP contribution in [0.4, 0.5) is 5.69 Å². The van der Waals surface area contributed by atoms with Gasteiger partial charge in [-0.05, 0) is 36.9 Å². The minimum atomic E-state index is 0.738. The Labute approximate surface area is 140 Å². The number of hydrogen-bond acceptors (Lipinski definition) is 3. The van der Waals surface area contributed by atoms with Crippen LogP contribution < -0.4 is 11.2 Å². The van der Waals surface area contributed by atoms with Crippen LogP contribution >= 0.6 is 0 Å². The van der Waals surface area contributed by atoms with E-state index in [1.807, 2.05) is 41.3 Å². The summed E-state index contributed by atoms with van der Waals surface area (Å²) in [7, 11) is 2.09. The van der Waals surface area contributed by atoms with E-state index in [4.69, 9.17) is 10.8 Å². The van der Waals surface area contributed by atoms with Crippen molar-refractivity contribution in [1.82, 2.24) is 19.7 Å². The molecule has 0 radical (unpaired) electrons. The maximum atomic E-state index is 5.97. The standard InChI is InChI=1S/C18H18BN5/c1-2-24-10-14(17(23-24)11-4-3-5-12(20)8-11)13-6-7-21-18-16(13)15(19)9-22-18/h3-10H,2,19-20H2,1H3,(H,21,22). The number of nitrogen functional groups attached to an aromatic ring is 1. The molecule has 0 bridgehead atoms. The SMILES string of the molecule is Bc1c[nH]c2nccc(-c3cn(CC)nc3-c3cccc(N)c3)c12. The van der Waals surface area contributed by atoms with Gasteiger partial charge < -0.3 is 10.7 Å². The van der Waals surface area contributed by atoms with Crippen LogP contribution in [0.2, 0.25) is 0 Å². The van der Waals surface area contributed by atoms with E-state index in [2.05, 4.69) is 37.0 Å². The van der Waals surface area contributed by atoms with Gasteiger partial charge in [0.1, 0.15) is 19.2 Å². The summed E-state index contributed by atoms with van der Waals surface area (Å²) in [5.74, 6) is 0. The number of nitrogens with two attached hydrogens (primary N) is 1. The van der Waals surface area contributed by atoms with Gasteiger partial charge in [-0.25, -0.2) is 4.98 Å². The molecule has 24 heavy (non-hydrogen) atoms. The molecular formula is C18H18BN5. The van der Waals surface area contributed by atoms with Gasteiger partial charge >= 0.3 is 0 Å². The third kappa shape index (κ3) is 2.27. The maximum absolute atomic E-state index is 5.97. The molecule has 4 rings (SSSR count). The Morgan fingerprint density at radius 2 is 2.12 bits per heavy atom. The third-order valence-corrected chi connectivity index (χ3v) is 4.31. The molecule has 1 aromatic carbocycles. The van der Waals surface area contributed by atoms with E-state index in [0.717, 1.165) is 45.6 Å². The van der Waals surface area contributed by atoms with Crippen molar-refractivity contribution in [2.24, 2.45) is 0 Å². The summed E-state index contributed by atoms with van der Waals surface area (Å²) in [6.45, 7) is 2.90. The highest BCUT2D eigenvalue weighted by Gasteiger charge is 2.17. The summed E-state index contributed by atoms with van der Waals surface area (Å²) in [5.41, 5.74) is 13.0. The molecule has 0 aliphatic heterocycles. The van der Waals surface area contributed by atoms with Gasteiger partial charge in [-0.15, -0.1) is 0 Å². The van der Waals surface area contributed by atoms with Crippen LogP contribution in [-0.4, -0.2) is 27.6 Å². The van der Waals surface area contributed by atoms with E-state index in [1.54, 1.807) is 0 Å². The van der Waals surface area contributed by atoms with Gasteiger partial charge in [0.25, 0.3) is 0 Å². The van der Waals surface area contributed by atoms with Crippen molar-refractivity contribution in [2.45, 2.75) is 13.5 Å². The Balaban J connectivity index is 2.01. The molecule has 6 heteroatoms. The molecule has 0 aliphatic carbocycles. The lowest BCUT2D eigenvalue weighted by Crippen LogP contribution is -1.99. The molecular weight excluding hydrogens is 297 g/mol. The smallest absolute Gasteiger partial charge is 0.142 e. The maximum Gasteiger partial charge on any atom is 0.142 e. The zero-order valence-corrected chi connectivity index (χ0v) is 13.7. The van der Waals surface area contributed by atoms with Crippen molar-refractivity contribution in [2.75, 3.05) is 5.73 Å². The molecule has 3 heterocycles. The zero-order valence-electron chi connectivity index (χ0n) is 13.7. The fraction of sp³-hybridized carbons (Fsp3) is 0.111. The summed E-state index contributed by atoms with van der Waals surface area (Å²) in [5, 5.41) is 5.91. The van der Waals surface area contributed by atoms with Gasteiger partial charge in [0.05, 0.1) is 0 Å². The van der Waals surface area contributed by atoms with Gasteiger partial charge in [0.2, 0.25) is 0 Å². The first-order valence-electron chi connectivity index (χ1n) is 8.04. The molecule has 0 aliphatic rings. The van der Waals surface area contributed by atoms with Gasteiger partial charge in [-0.2, -0.15) is 5.10 Å². The van der Waals surface area contributed by atoms with Crippen molar-refractivity contribution in [1.29, 1.82) is 0 Å². The fourth-order valence-electron chi connectivity index (χ4n) is 3.12. The van der Waals surface area contributed by atoms with Crippen molar-refractivity contribution in [3.05, 3.63) is 48.9 Å². The summed E-state index contributed by atoms with van der Waals surface area (Å²) < 4.78 is 1.96. The second kappa shape index (κ2) is 5.56. The molecule has 5 nitrogen and oxygen atoms in total. The zero-order chi connectivity index (χ0) is 16.7. The molecule has 0 atom stereocenters. The van der Waals surface area contributed by atoms with Crippen LogP contribution in [0.3, 0.4) is 0 Å². The van der Waals surface area contributed by atoms with E-state index in [9.17, 15) is 0 Å². The molecule has 0 saturated heterocycles. The molecule has 0 fully saturated rings. The summed E-state index contributed by atoms with van der Waals surface area (Å²) in [6, 6.07) is 9.92. The Kier molecular flexibility index (Phi) is 3.38. The van der Waals surface area contributed by atoms with E-state index in [-0.39, 0.29) is 0 Å². The van der Waals surface area contributed by atoms with Crippen molar-refractivity contribution >= 4 is 30.0 Å². The molecule has 0 amide bonds. The number of rotatable bonds is 3. The van der Waals surface area contributed by atoms with Crippen LogP contribution in [0.25, 0.3) is 33.4 Å². The number of fused-ring (bicyclic) bond motifs is 1. The van der Waals surface area contributed by atoms with Gasteiger partial charge in [-0.1, -0.05) is 17.6 Å². The average Bonchev–Trinajstić information content (AvgIpc) is 3.19. The first kappa shape index (κ1) is 14.6. The van der Waals surface area contributed by atoms with Gasteiger partial charge in [-0.3, -0.25) is 4.68 Å². The molecule has 0 saturated carbocycles. The lowest BCUT2D eigenvalue weighted by Gasteiger charge is -2.06. The quantitative estimate of drug-likeness (QED) is 0.448. The van der Waals surface area contributed by atoms with E-state index < -0.39 is 0 Å². The van der Waals surface area contributed by atoms with Crippen molar-refractivity contribution in [3.8, 4) is 22.4 Å². The Hall–Kier alpha value is -3.02. The molecule has 0 unspecified atom stereocenters. The largest absolute Gasteiger partial charge is 0.399 e. The number of anilines is 1. The first-order valence-corrected chi connectivity index (χ1v) is 8.04. The number of aryl methyl sites for hydroxylation is 1. The number of pyridine rings is 1. The van der Waals surface area contributed by atoms with Gasteiger partial charge in [0.15, 0.2) is 0 Å². The fourth-order valence-corrected chi connectivity index (χ4v) is 3.12. The number of nitrogens with zero attached hydrogens (tertiary/aromatic N) is 3. The summed E-state index contributed by atoms with van der Waals surface area (Å²) >= 11 is 0. The van der Waals surface area contributed by atoms with E-state index >= 15 is 0 Å². The van der Waals surface area contributed by atoms with Crippen LogP contribution in [0.1, 0.15) is 6.92 Å². The lowest BCUT2D eigenvalue weighted by molar-refractivity contribution is 0.662. The number of aromatic amines is 1. The number of aromatic nitrogens is 4. The van der Waals surface area contributed by atoms with E-state index in [0.29, 0.717) is 0 Å². The normalized spacial score (nSPS) is 11.2. The van der Waals surface area contributed by atoms with Crippen LogP contribution in [0.15, 0.2) is 48.9 Å². The topological polar surface area (TPSA) is 72.5 Å². The number of H-pyrrole nitrogens is 1. The minimum Gasteiger partial charge on any atom is -0.399 e. The summed E-state index contributed by atoms with van der Waals surface area (Å²) in [4.78, 5) is 7.66. The van der Waals surface area contributed by atoms with Crippen LogP contribution in [0.5, 0.6) is 0 Å². The number of nitrogens with one attached hydrogen (secondary N) is 1. The van der Waals surface area contributed by atoms with Crippen molar-refractivity contribution in [3.63, 3.8) is 0 Å². The minimum absolute atomic E-state index is 0.738. The highest BCUT2D eigenvalue weighted by Crippen LogP contribution is 2.34. The first-order chi connectivity index (χ1) is 11.7. The Morgan fingerprint density at radius 1 is 1.25 bits per heavy atom. The highest BCUT2D eigenvalue weighted by molar-refractivity contribution is 6.40. The number of benzene rings is 1. The third-order valence-electron chi connectivity index (χ3n) is 4.31. The lowest BCUT2D eigenvalue weighted by atomic mass is 9.91.